The van der Waals surface area contributed by atoms with Crippen molar-refractivity contribution >= 4 is 21.7 Å². The minimum atomic E-state index is -0.332. The van der Waals surface area contributed by atoms with Crippen LogP contribution in [0.1, 0.15) is 18.3 Å². The van der Waals surface area contributed by atoms with Gasteiger partial charge in [0, 0.05) is 6.54 Å². The van der Waals surface area contributed by atoms with E-state index >= 15 is 0 Å². The number of aryl methyl sites for hydroxylation is 1. The molecule has 0 saturated carbocycles. The van der Waals surface area contributed by atoms with Crippen molar-refractivity contribution in [2.75, 3.05) is 11.9 Å². The van der Waals surface area contributed by atoms with Crippen molar-refractivity contribution in [3.63, 3.8) is 0 Å². The SMILES string of the molecule is CCNc1nc(C)nc(Oc2ccc(F)c(Br)c2)c1C. The first-order valence-electron chi connectivity index (χ1n) is 6.23. The summed E-state index contributed by atoms with van der Waals surface area (Å²) in [5, 5.41) is 3.16. The molecule has 6 heteroatoms. The molecule has 0 bridgehead atoms. The average Bonchev–Trinajstić information content (AvgIpc) is 2.39. The van der Waals surface area contributed by atoms with Crippen molar-refractivity contribution in [3.8, 4) is 11.6 Å². The Hall–Kier alpha value is -1.69. The fraction of sp³-hybridized carbons (Fsp3) is 0.286. The Bertz CT molecular complexity index is 634. The monoisotopic (exact) mass is 339 g/mol. The van der Waals surface area contributed by atoms with Gasteiger partial charge >= 0.3 is 0 Å². The second kappa shape index (κ2) is 6.17. The van der Waals surface area contributed by atoms with E-state index in [4.69, 9.17) is 4.74 Å². The first kappa shape index (κ1) is 14.7. The molecule has 0 atom stereocenters. The molecule has 2 rings (SSSR count). The normalized spacial score (nSPS) is 10.4. The summed E-state index contributed by atoms with van der Waals surface area (Å²) in [6.07, 6.45) is 0. The van der Waals surface area contributed by atoms with Crippen LogP contribution in [0.25, 0.3) is 0 Å². The molecule has 0 saturated heterocycles. The zero-order valence-corrected chi connectivity index (χ0v) is 13.1. The zero-order chi connectivity index (χ0) is 14.7. The minimum absolute atomic E-state index is 0.332. The van der Waals surface area contributed by atoms with Gasteiger partial charge in [-0.05, 0) is 54.9 Å². The maximum absolute atomic E-state index is 13.2. The van der Waals surface area contributed by atoms with Gasteiger partial charge in [-0.2, -0.15) is 4.98 Å². The van der Waals surface area contributed by atoms with Crippen molar-refractivity contribution in [1.82, 2.24) is 9.97 Å². The average molecular weight is 340 g/mol. The number of nitrogens with one attached hydrogen (secondary N) is 1. The Kier molecular flexibility index (Phi) is 4.54. The van der Waals surface area contributed by atoms with Crippen LogP contribution in [-0.2, 0) is 0 Å². The van der Waals surface area contributed by atoms with Crippen LogP contribution in [0.4, 0.5) is 10.2 Å². The number of benzene rings is 1. The Morgan fingerprint density at radius 2 is 2.05 bits per heavy atom. The second-order valence-electron chi connectivity index (χ2n) is 4.26. The van der Waals surface area contributed by atoms with Gasteiger partial charge in [0.05, 0.1) is 10.0 Å². The largest absolute Gasteiger partial charge is 0.439 e. The van der Waals surface area contributed by atoms with E-state index in [9.17, 15) is 4.39 Å². The number of halogens is 2. The van der Waals surface area contributed by atoms with Gasteiger partial charge in [-0.15, -0.1) is 0 Å². The molecule has 0 unspecified atom stereocenters. The first-order chi connectivity index (χ1) is 9.51. The molecule has 1 N–H and O–H groups in total. The van der Waals surface area contributed by atoms with E-state index in [1.165, 1.54) is 6.07 Å². The lowest BCUT2D eigenvalue weighted by atomic mass is 10.3. The maximum Gasteiger partial charge on any atom is 0.227 e. The van der Waals surface area contributed by atoms with Gasteiger partial charge in [-0.25, -0.2) is 9.37 Å². The molecule has 1 aromatic heterocycles. The first-order valence-corrected chi connectivity index (χ1v) is 7.02. The predicted molar refractivity (Wildman–Crippen MR) is 79.8 cm³/mol. The van der Waals surface area contributed by atoms with Crippen LogP contribution in [0.15, 0.2) is 22.7 Å². The molecular formula is C14H15BrFN3O. The summed E-state index contributed by atoms with van der Waals surface area (Å²) in [5.41, 5.74) is 0.817. The highest BCUT2D eigenvalue weighted by Gasteiger charge is 2.11. The Labute approximate surface area is 125 Å². The summed E-state index contributed by atoms with van der Waals surface area (Å²) in [5.74, 6) is 2.01. The van der Waals surface area contributed by atoms with Crippen molar-refractivity contribution in [1.29, 1.82) is 0 Å². The zero-order valence-electron chi connectivity index (χ0n) is 11.5. The van der Waals surface area contributed by atoms with Gasteiger partial charge in [-0.1, -0.05) is 0 Å². The van der Waals surface area contributed by atoms with Gasteiger partial charge in [-0.3, -0.25) is 0 Å². The fourth-order valence-electron chi connectivity index (χ4n) is 1.69. The Morgan fingerprint density at radius 3 is 2.70 bits per heavy atom. The molecule has 20 heavy (non-hydrogen) atoms. The molecule has 0 aliphatic rings. The van der Waals surface area contributed by atoms with Gasteiger partial charge in [0.15, 0.2) is 0 Å². The highest BCUT2D eigenvalue weighted by Crippen LogP contribution is 2.29. The molecule has 106 valence electrons. The topological polar surface area (TPSA) is 47.0 Å². The van der Waals surface area contributed by atoms with E-state index in [-0.39, 0.29) is 5.82 Å². The molecule has 0 radical (unpaired) electrons. The van der Waals surface area contributed by atoms with Crippen LogP contribution in [0.3, 0.4) is 0 Å². The van der Waals surface area contributed by atoms with Crippen molar-refractivity contribution < 1.29 is 9.13 Å². The molecular weight excluding hydrogens is 325 g/mol. The van der Waals surface area contributed by atoms with E-state index in [1.807, 2.05) is 13.8 Å². The van der Waals surface area contributed by atoms with Gasteiger partial charge in [0.1, 0.15) is 23.2 Å². The highest BCUT2D eigenvalue weighted by molar-refractivity contribution is 9.10. The summed E-state index contributed by atoms with van der Waals surface area (Å²) in [4.78, 5) is 8.61. The Morgan fingerprint density at radius 1 is 1.30 bits per heavy atom. The molecule has 2 aromatic rings. The van der Waals surface area contributed by atoms with E-state index in [0.29, 0.717) is 21.9 Å². The van der Waals surface area contributed by atoms with Crippen molar-refractivity contribution in [2.24, 2.45) is 0 Å². The summed E-state index contributed by atoms with van der Waals surface area (Å²) < 4.78 is 19.3. The van der Waals surface area contributed by atoms with E-state index in [0.717, 1.165) is 17.9 Å². The third-order valence-corrected chi connectivity index (χ3v) is 3.27. The van der Waals surface area contributed by atoms with Gasteiger partial charge < -0.3 is 10.1 Å². The number of anilines is 1. The summed E-state index contributed by atoms with van der Waals surface area (Å²) in [6.45, 7) is 6.44. The number of ether oxygens (including phenoxy) is 1. The van der Waals surface area contributed by atoms with Crippen molar-refractivity contribution in [3.05, 3.63) is 39.9 Å². The lowest BCUT2D eigenvalue weighted by molar-refractivity contribution is 0.454. The number of hydrogen-bond donors (Lipinski definition) is 1. The van der Waals surface area contributed by atoms with Crippen LogP contribution in [0, 0.1) is 19.7 Å². The number of rotatable bonds is 4. The highest BCUT2D eigenvalue weighted by atomic mass is 79.9. The smallest absolute Gasteiger partial charge is 0.227 e. The fourth-order valence-corrected chi connectivity index (χ4v) is 2.05. The number of aromatic nitrogens is 2. The Balaban J connectivity index is 2.35. The van der Waals surface area contributed by atoms with E-state index < -0.39 is 0 Å². The molecule has 0 spiro atoms. The summed E-state index contributed by atoms with van der Waals surface area (Å²) >= 11 is 3.13. The molecule has 1 heterocycles. The van der Waals surface area contributed by atoms with Crippen LogP contribution >= 0.6 is 15.9 Å². The van der Waals surface area contributed by atoms with Crippen LogP contribution < -0.4 is 10.1 Å². The van der Waals surface area contributed by atoms with Crippen LogP contribution in [0.5, 0.6) is 11.6 Å². The lowest BCUT2D eigenvalue weighted by Crippen LogP contribution is -2.06. The van der Waals surface area contributed by atoms with E-state index in [1.54, 1.807) is 19.1 Å². The third-order valence-electron chi connectivity index (χ3n) is 2.66. The molecule has 4 nitrogen and oxygen atoms in total. The summed E-state index contributed by atoms with van der Waals surface area (Å²) in [7, 11) is 0. The molecule has 0 aliphatic heterocycles. The quantitative estimate of drug-likeness (QED) is 0.905. The standard InChI is InChI=1S/C14H15BrFN3O/c1-4-17-13-8(2)14(19-9(3)18-13)20-10-5-6-12(16)11(15)7-10/h5-7H,4H2,1-3H3,(H,17,18,19). The molecule has 0 aliphatic carbocycles. The minimum Gasteiger partial charge on any atom is -0.439 e. The number of hydrogen-bond acceptors (Lipinski definition) is 4. The predicted octanol–water partition coefficient (Wildman–Crippen LogP) is 4.22. The second-order valence-corrected chi connectivity index (χ2v) is 5.11. The summed E-state index contributed by atoms with van der Waals surface area (Å²) in [6, 6.07) is 4.47. The van der Waals surface area contributed by atoms with Gasteiger partial charge in [0.25, 0.3) is 0 Å². The number of nitrogens with zero attached hydrogens (tertiary/aromatic N) is 2. The maximum atomic E-state index is 13.2. The molecule has 0 fully saturated rings. The van der Waals surface area contributed by atoms with Crippen LogP contribution in [-0.4, -0.2) is 16.5 Å². The lowest BCUT2D eigenvalue weighted by Gasteiger charge is -2.12. The van der Waals surface area contributed by atoms with Gasteiger partial charge in [0.2, 0.25) is 5.88 Å². The van der Waals surface area contributed by atoms with E-state index in [2.05, 4.69) is 31.2 Å². The third kappa shape index (κ3) is 3.25. The van der Waals surface area contributed by atoms with Crippen LogP contribution in [0.2, 0.25) is 0 Å². The molecule has 1 aromatic carbocycles. The van der Waals surface area contributed by atoms with Crippen molar-refractivity contribution in [2.45, 2.75) is 20.8 Å². The molecule has 0 amide bonds.